The van der Waals surface area contributed by atoms with Gasteiger partial charge in [0.25, 0.3) is 0 Å². The molecule has 0 saturated heterocycles. The monoisotopic (exact) mass is 354 g/mol. The Morgan fingerprint density at radius 3 is 2.57 bits per heavy atom. The molecule has 0 amide bonds. The van der Waals surface area contributed by atoms with E-state index in [1.807, 2.05) is 0 Å². The minimum atomic E-state index is 0.0390. The number of allylic oxidation sites excluding steroid dienone is 2. The number of phenols is 2. The first-order chi connectivity index (χ1) is 9.77. The second kappa shape index (κ2) is 5.91. The number of hydrogen-bond donors (Lipinski definition) is 2. The van der Waals surface area contributed by atoms with Gasteiger partial charge < -0.3 is 14.9 Å². The van der Waals surface area contributed by atoms with Crippen molar-refractivity contribution in [2.45, 2.75) is 46.5 Å². The molecule has 0 aromatic heterocycles. The first-order valence-electron chi connectivity index (χ1n) is 7.24. The lowest BCUT2D eigenvalue weighted by Gasteiger charge is -2.35. The van der Waals surface area contributed by atoms with Gasteiger partial charge >= 0.3 is 0 Å². The van der Waals surface area contributed by atoms with Crippen LogP contribution in [0.3, 0.4) is 0 Å². The van der Waals surface area contributed by atoms with Gasteiger partial charge in [-0.1, -0.05) is 25.0 Å². The molecule has 0 atom stereocenters. The molecule has 2 N–H and O–H groups in total. The topological polar surface area (TPSA) is 49.7 Å². The number of aromatic hydroxyl groups is 2. The average molecular weight is 355 g/mol. The standard InChI is InChI=1S/C17H23BrO3/c1-10-6-5-7-17(2,3)12(10)8-11-13(19)9-14(21-4)16(20)15(11)18/h9,19-20H,5-8H2,1-4H3. The lowest BCUT2D eigenvalue weighted by Crippen LogP contribution is -2.22. The molecule has 3 nitrogen and oxygen atoms in total. The van der Waals surface area contributed by atoms with E-state index >= 15 is 0 Å². The third-order valence-electron chi connectivity index (χ3n) is 4.54. The summed E-state index contributed by atoms with van der Waals surface area (Å²) in [6, 6.07) is 1.47. The molecule has 1 aromatic carbocycles. The van der Waals surface area contributed by atoms with E-state index < -0.39 is 0 Å². The Labute approximate surface area is 134 Å². The molecule has 0 saturated carbocycles. The van der Waals surface area contributed by atoms with Crippen molar-refractivity contribution in [2.75, 3.05) is 7.11 Å². The summed E-state index contributed by atoms with van der Waals surface area (Å²) in [6.07, 6.45) is 4.12. The van der Waals surface area contributed by atoms with E-state index in [1.165, 1.54) is 30.7 Å². The van der Waals surface area contributed by atoms with Gasteiger partial charge in [-0.15, -0.1) is 0 Å². The van der Waals surface area contributed by atoms with Crippen LogP contribution < -0.4 is 4.74 Å². The van der Waals surface area contributed by atoms with Crippen molar-refractivity contribution >= 4 is 15.9 Å². The molecule has 1 aromatic rings. The summed E-state index contributed by atoms with van der Waals surface area (Å²) in [5.74, 6) is 0.465. The lowest BCUT2D eigenvalue weighted by atomic mass is 9.71. The quantitative estimate of drug-likeness (QED) is 0.597. The minimum absolute atomic E-state index is 0.0390. The summed E-state index contributed by atoms with van der Waals surface area (Å²) in [5.41, 5.74) is 3.60. The molecule has 116 valence electrons. The predicted octanol–water partition coefficient (Wildman–Crippen LogP) is 4.94. The largest absolute Gasteiger partial charge is 0.507 e. The van der Waals surface area contributed by atoms with E-state index in [1.54, 1.807) is 0 Å². The summed E-state index contributed by atoms with van der Waals surface area (Å²) < 4.78 is 5.58. The Bertz CT molecular complexity index is 588. The van der Waals surface area contributed by atoms with Gasteiger partial charge in [0.1, 0.15) is 5.75 Å². The van der Waals surface area contributed by atoms with Crippen LogP contribution in [-0.2, 0) is 6.42 Å². The SMILES string of the molecule is COc1cc(O)c(CC2=C(C)CCCC2(C)C)c(Br)c1O. The molecule has 2 rings (SSSR count). The van der Waals surface area contributed by atoms with E-state index in [9.17, 15) is 10.2 Å². The third-order valence-corrected chi connectivity index (χ3v) is 5.40. The first-order valence-corrected chi connectivity index (χ1v) is 8.03. The summed E-state index contributed by atoms with van der Waals surface area (Å²) in [5, 5.41) is 20.4. The highest BCUT2D eigenvalue weighted by atomic mass is 79.9. The van der Waals surface area contributed by atoms with Crippen LogP contribution in [0.15, 0.2) is 21.7 Å². The number of hydrogen-bond acceptors (Lipinski definition) is 3. The number of halogens is 1. The predicted molar refractivity (Wildman–Crippen MR) is 88.1 cm³/mol. The minimum Gasteiger partial charge on any atom is -0.507 e. The zero-order valence-electron chi connectivity index (χ0n) is 13.1. The van der Waals surface area contributed by atoms with Crippen LogP contribution >= 0.6 is 15.9 Å². The molecular weight excluding hydrogens is 332 g/mol. The second-order valence-electron chi connectivity index (χ2n) is 6.41. The Kier molecular flexibility index (Phi) is 4.57. The Morgan fingerprint density at radius 2 is 2.00 bits per heavy atom. The van der Waals surface area contributed by atoms with Crippen molar-refractivity contribution in [3.63, 3.8) is 0 Å². The molecule has 21 heavy (non-hydrogen) atoms. The zero-order chi connectivity index (χ0) is 15.8. The number of ether oxygens (including phenoxy) is 1. The molecule has 0 bridgehead atoms. The summed E-state index contributed by atoms with van der Waals surface area (Å²) in [4.78, 5) is 0. The van der Waals surface area contributed by atoms with Crippen LogP contribution in [0.5, 0.6) is 17.2 Å². The molecule has 1 aliphatic rings. The van der Waals surface area contributed by atoms with Crippen LogP contribution in [-0.4, -0.2) is 17.3 Å². The number of phenolic OH excluding ortho intramolecular Hbond substituents is 2. The van der Waals surface area contributed by atoms with E-state index in [-0.39, 0.29) is 22.7 Å². The average Bonchev–Trinajstić information content (AvgIpc) is 2.41. The molecular formula is C17H23BrO3. The first kappa shape index (κ1) is 16.2. The Balaban J connectivity index is 2.47. The highest BCUT2D eigenvalue weighted by Gasteiger charge is 2.30. The van der Waals surface area contributed by atoms with Gasteiger partial charge in [0.2, 0.25) is 0 Å². The van der Waals surface area contributed by atoms with Crippen LogP contribution in [0.1, 0.15) is 45.6 Å². The van der Waals surface area contributed by atoms with Crippen LogP contribution in [0, 0.1) is 5.41 Å². The molecule has 0 fully saturated rings. The smallest absolute Gasteiger partial charge is 0.172 e. The number of benzene rings is 1. The molecule has 0 heterocycles. The molecule has 1 aliphatic carbocycles. The number of methoxy groups -OCH3 is 1. The second-order valence-corrected chi connectivity index (χ2v) is 7.21. The fraction of sp³-hybridized carbons (Fsp3) is 0.529. The van der Waals surface area contributed by atoms with Gasteiger partial charge in [-0.2, -0.15) is 0 Å². The number of rotatable bonds is 3. The maximum atomic E-state index is 10.3. The van der Waals surface area contributed by atoms with Crippen molar-refractivity contribution in [2.24, 2.45) is 5.41 Å². The highest BCUT2D eigenvalue weighted by molar-refractivity contribution is 9.10. The lowest BCUT2D eigenvalue weighted by molar-refractivity contribution is 0.354. The van der Waals surface area contributed by atoms with Gasteiger partial charge in [0.15, 0.2) is 11.5 Å². The van der Waals surface area contributed by atoms with Gasteiger partial charge in [-0.25, -0.2) is 0 Å². The summed E-state index contributed by atoms with van der Waals surface area (Å²) in [6.45, 7) is 6.67. The summed E-state index contributed by atoms with van der Waals surface area (Å²) >= 11 is 3.39. The van der Waals surface area contributed by atoms with E-state index in [0.717, 1.165) is 18.4 Å². The third kappa shape index (κ3) is 3.05. The van der Waals surface area contributed by atoms with Crippen molar-refractivity contribution in [1.82, 2.24) is 0 Å². The Morgan fingerprint density at radius 1 is 1.33 bits per heavy atom. The maximum absolute atomic E-state index is 10.3. The van der Waals surface area contributed by atoms with Gasteiger partial charge in [0.05, 0.1) is 11.6 Å². The molecule has 0 unspecified atom stereocenters. The van der Waals surface area contributed by atoms with Gasteiger partial charge in [0, 0.05) is 11.6 Å². The van der Waals surface area contributed by atoms with E-state index in [0.29, 0.717) is 10.9 Å². The van der Waals surface area contributed by atoms with Crippen LogP contribution in [0.2, 0.25) is 0 Å². The Hall–Kier alpha value is -1.16. The van der Waals surface area contributed by atoms with Crippen molar-refractivity contribution in [1.29, 1.82) is 0 Å². The zero-order valence-corrected chi connectivity index (χ0v) is 14.7. The summed E-state index contributed by atoms with van der Waals surface area (Å²) in [7, 11) is 1.47. The molecule has 0 spiro atoms. The maximum Gasteiger partial charge on any atom is 0.172 e. The van der Waals surface area contributed by atoms with Crippen molar-refractivity contribution in [3.05, 3.63) is 27.2 Å². The van der Waals surface area contributed by atoms with Gasteiger partial charge in [-0.05, 0) is 54.0 Å². The van der Waals surface area contributed by atoms with Gasteiger partial charge in [-0.3, -0.25) is 0 Å². The van der Waals surface area contributed by atoms with E-state index in [2.05, 4.69) is 36.7 Å². The van der Waals surface area contributed by atoms with Crippen molar-refractivity contribution < 1.29 is 14.9 Å². The van der Waals surface area contributed by atoms with Crippen LogP contribution in [0.4, 0.5) is 0 Å². The van der Waals surface area contributed by atoms with Crippen molar-refractivity contribution in [3.8, 4) is 17.2 Å². The molecule has 0 radical (unpaired) electrons. The van der Waals surface area contributed by atoms with Crippen LogP contribution in [0.25, 0.3) is 0 Å². The molecule has 4 heteroatoms. The fourth-order valence-corrected chi connectivity index (χ4v) is 3.75. The normalized spacial score (nSPS) is 18.0. The molecule has 0 aliphatic heterocycles. The highest BCUT2D eigenvalue weighted by Crippen LogP contribution is 2.47. The van der Waals surface area contributed by atoms with E-state index in [4.69, 9.17) is 4.74 Å². The fourth-order valence-electron chi connectivity index (χ4n) is 3.21.